The van der Waals surface area contributed by atoms with Crippen LogP contribution in [-0.2, 0) is 5.41 Å². The number of para-hydroxylation sites is 3. The topological polar surface area (TPSA) is 17.8 Å². The van der Waals surface area contributed by atoms with Gasteiger partial charge in [-0.25, -0.2) is 4.98 Å². The van der Waals surface area contributed by atoms with Crippen molar-refractivity contribution in [3.63, 3.8) is 0 Å². The molecular formula is C48H34N2. The Hall–Kier alpha value is -6.25. The highest BCUT2D eigenvalue weighted by molar-refractivity contribution is 6.21. The van der Waals surface area contributed by atoms with E-state index in [1.165, 1.54) is 5.56 Å². The average Bonchev–Trinajstić information content (AvgIpc) is 3.75. The number of imidazole rings is 1. The van der Waals surface area contributed by atoms with Crippen LogP contribution >= 0.6 is 0 Å². The Balaban J connectivity index is 1.29. The zero-order valence-electron chi connectivity index (χ0n) is 35.4. The molecule has 2 nitrogen and oxygen atoms in total. The first kappa shape index (κ1) is 21.7. The molecule has 0 amide bonds. The molecule has 0 spiro atoms. The molecular weight excluding hydrogens is 605 g/mol. The third kappa shape index (κ3) is 4.18. The van der Waals surface area contributed by atoms with Crippen molar-refractivity contribution in [2.45, 2.75) is 19.3 Å². The third-order valence-electron chi connectivity index (χ3n) is 10.3. The molecule has 8 aromatic carbocycles. The van der Waals surface area contributed by atoms with Crippen molar-refractivity contribution in [3.8, 4) is 50.5 Å². The summed E-state index contributed by atoms with van der Waals surface area (Å²) in [6.07, 6.45) is 0. The Kier molecular flexibility index (Phi) is 4.72. The fraction of sp³-hybridized carbons (Fsp3) is 0.0625. The summed E-state index contributed by atoms with van der Waals surface area (Å²) in [5.74, 6) is 0.703. The van der Waals surface area contributed by atoms with Gasteiger partial charge >= 0.3 is 0 Å². The van der Waals surface area contributed by atoms with Gasteiger partial charge in [-0.3, -0.25) is 4.57 Å². The summed E-state index contributed by atoms with van der Waals surface area (Å²) in [6.45, 7) is 4.30. The number of fused-ring (bicyclic) bond motifs is 6. The highest BCUT2D eigenvalue weighted by Crippen LogP contribution is 2.51. The monoisotopic (exact) mass is 646 g/mol. The number of nitrogens with zero attached hydrogens (tertiary/aromatic N) is 2. The molecule has 0 fully saturated rings. The molecule has 1 aliphatic carbocycles. The molecule has 2 heteroatoms. The second-order valence-corrected chi connectivity index (χ2v) is 13.4. The van der Waals surface area contributed by atoms with Crippen molar-refractivity contribution in [1.82, 2.24) is 9.55 Å². The van der Waals surface area contributed by atoms with E-state index >= 15 is 0 Å². The maximum absolute atomic E-state index is 9.42. The average molecular weight is 647 g/mol. The second-order valence-electron chi connectivity index (χ2n) is 13.4. The summed E-state index contributed by atoms with van der Waals surface area (Å²) in [5.41, 5.74) is 9.25. The van der Waals surface area contributed by atoms with Gasteiger partial charge in [0.1, 0.15) is 5.82 Å². The first-order chi connectivity index (χ1) is 27.9. The van der Waals surface area contributed by atoms with E-state index in [9.17, 15) is 5.48 Å². The number of hydrogen-bond acceptors (Lipinski definition) is 1. The van der Waals surface area contributed by atoms with E-state index in [0.29, 0.717) is 28.1 Å². The van der Waals surface area contributed by atoms with Crippen LogP contribution in [0.25, 0.3) is 83.0 Å². The third-order valence-corrected chi connectivity index (χ3v) is 10.3. The fourth-order valence-electron chi connectivity index (χ4n) is 7.91. The predicted molar refractivity (Wildman–Crippen MR) is 210 cm³/mol. The molecule has 1 heterocycles. The van der Waals surface area contributed by atoms with Crippen molar-refractivity contribution in [1.29, 1.82) is 0 Å². The van der Waals surface area contributed by atoms with Gasteiger partial charge in [-0.2, -0.15) is 0 Å². The van der Waals surface area contributed by atoms with Gasteiger partial charge in [-0.15, -0.1) is 0 Å². The minimum atomic E-state index is -0.427. The lowest BCUT2D eigenvalue weighted by Crippen LogP contribution is -2.14. The van der Waals surface area contributed by atoms with Crippen LogP contribution in [0.15, 0.2) is 170 Å². The lowest BCUT2D eigenvalue weighted by molar-refractivity contribution is 0.660. The van der Waals surface area contributed by atoms with Gasteiger partial charge in [0.15, 0.2) is 0 Å². The maximum Gasteiger partial charge on any atom is 0.145 e. The molecule has 0 saturated heterocycles. The van der Waals surface area contributed by atoms with E-state index in [1.807, 2.05) is 109 Å². The van der Waals surface area contributed by atoms with Crippen LogP contribution in [-0.4, -0.2) is 9.55 Å². The molecule has 1 aromatic heterocycles. The Morgan fingerprint density at radius 1 is 0.520 bits per heavy atom. The number of hydrogen-bond donors (Lipinski definition) is 0. The molecule has 1 aliphatic rings. The summed E-state index contributed by atoms with van der Waals surface area (Å²) in [7, 11) is 0. The van der Waals surface area contributed by atoms with E-state index < -0.39 is 29.6 Å². The van der Waals surface area contributed by atoms with Crippen molar-refractivity contribution in [3.05, 3.63) is 181 Å². The number of benzene rings is 8. The summed E-state index contributed by atoms with van der Waals surface area (Å²) < 4.78 is 75.2. The normalized spacial score (nSPS) is 15.4. The van der Waals surface area contributed by atoms with E-state index in [-0.39, 0.29) is 45.7 Å². The number of aromatic nitrogens is 2. The van der Waals surface area contributed by atoms with Crippen molar-refractivity contribution in [2.24, 2.45) is 0 Å². The Morgan fingerprint density at radius 3 is 1.76 bits per heavy atom. The molecule has 0 atom stereocenters. The van der Waals surface area contributed by atoms with Gasteiger partial charge in [-0.05, 0) is 96.4 Å². The first-order valence-corrected chi connectivity index (χ1v) is 16.7. The quantitative estimate of drug-likeness (QED) is 0.174. The molecule has 9 aromatic rings. The van der Waals surface area contributed by atoms with Gasteiger partial charge < -0.3 is 0 Å². The minimum absolute atomic E-state index is 0.186. The largest absolute Gasteiger partial charge is 0.292 e. The second kappa shape index (κ2) is 10.9. The van der Waals surface area contributed by atoms with Crippen LogP contribution < -0.4 is 0 Å². The van der Waals surface area contributed by atoms with E-state index in [0.717, 1.165) is 39.0 Å². The Morgan fingerprint density at radius 2 is 1.06 bits per heavy atom. The van der Waals surface area contributed by atoms with Crippen LogP contribution in [0.2, 0.25) is 0 Å². The maximum atomic E-state index is 9.42. The number of rotatable bonds is 4. The van der Waals surface area contributed by atoms with Gasteiger partial charge in [0.25, 0.3) is 0 Å². The van der Waals surface area contributed by atoms with Crippen LogP contribution in [0.3, 0.4) is 0 Å². The SMILES string of the molecule is [2H]c1c([2H])c([2H])c2c(-c3ccc4c(c3)C(C)(C)c3ccccc3-4)c3c([2H])c([2H])c([2H])c([2H])c3c(-c3ccc(-c4nc5ccccc5n4-c4ccccc4)cc3)c2c1[2H]. The van der Waals surface area contributed by atoms with Crippen molar-refractivity contribution < 1.29 is 11.0 Å². The van der Waals surface area contributed by atoms with Gasteiger partial charge in [0, 0.05) is 16.7 Å². The lowest BCUT2D eigenvalue weighted by atomic mass is 9.80. The first-order valence-electron chi connectivity index (χ1n) is 20.7. The lowest BCUT2D eigenvalue weighted by Gasteiger charge is -2.23. The van der Waals surface area contributed by atoms with E-state index in [1.54, 1.807) is 0 Å². The highest BCUT2D eigenvalue weighted by atomic mass is 15.1. The molecule has 0 radical (unpaired) electrons. The summed E-state index contributed by atoms with van der Waals surface area (Å²) >= 11 is 0. The van der Waals surface area contributed by atoms with Gasteiger partial charge in [0.2, 0.25) is 0 Å². The minimum Gasteiger partial charge on any atom is -0.292 e. The standard InChI is InChI=1S/C48H34N2/c1-48(2)41-21-11-10-16-35(41)36-29-28-33(30-42(36)48)46-39-19-8-6-17-37(39)45(38-18-7-9-20-40(38)46)31-24-26-32(27-25-31)47-49-43-22-12-13-23-44(43)50(47)34-14-4-3-5-15-34/h3-30H,1-2H3/i6D,7D,8D,9D,17D,18D,19D,20D. The summed E-state index contributed by atoms with van der Waals surface area (Å²) in [4.78, 5) is 5.01. The zero-order chi connectivity index (χ0) is 40.4. The van der Waals surface area contributed by atoms with Gasteiger partial charge in [0.05, 0.1) is 22.0 Å². The molecule has 0 unspecified atom stereocenters. The zero-order valence-corrected chi connectivity index (χ0v) is 27.4. The predicted octanol–water partition coefficient (Wildman–Crippen LogP) is 12.6. The van der Waals surface area contributed by atoms with E-state index in [2.05, 4.69) is 30.5 Å². The molecule has 0 N–H and O–H groups in total. The molecule has 10 rings (SSSR count). The molecule has 0 aliphatic heterocycles. The summed E-state index contributed by atoms with van der Waals surface area (Å²) in [5, 5.41) is 0.764. The molecule has 0 saturated carbocycles. The summed E-state index contributed by atoms with van der Waals surface area (Å²) in [6, 6.07) is 36.7. The molecule has 50 heavy (non-hydrogen) atoms. The van der Waals surface area contributed by atoms with Crippen LogP contribution in [0, 0.1) is 0 Å². The van der Waals surface area contributed by atoms with E-state index in [4.69, 9.17) is 10.5 Å². The molecule has 236 valence electrons. The highest BCUT2D eigenvalue weighted by Gasteiger charge is 2.35. The van der Waals surface area contributed by atoms with Crippen molar-refractivity contribution >= 4 is 32.6 Å². The smallest absolute Gasteiger partial charge is 0.145 e. The van der Waals surface area contributed by atoms with Crippen molar-refractivity contribution in [2.75, 3.05) is 0 Å². The van der Waals surface area contributed by atoms with Gasteiger partial charge in [-0.1, -0.05) is 153 Å². The fourth-order valence-corrected chi connectivity index (χ4v) is 7.91. The van der Waals surface area contributed by atoms with Crippen LogP contribution in [0.1, 0.15) is 35.9 Å². The Bertz CT molecular complexity index is 3140. The van der Waals surface area contributed by atoms with Crippen LogP contribution in [0.4, 0.5) is 0 Å². The Labute approximate surface area is 303 Å². The van der Waals surface area contributed by atoms with Crippen LogP contribution in [0.5, 0.6) is 0 Å². The molecule has 0 bridgehead atoms.